The molecule has 0 fully saturated rings. The van der Waals surface area contributed by atoms with Crippen LogP contribution in [0.1, 0.15) is 27.2 Å². The maximum absolute atomic E-state index is 11.4. The van der Waals surface area contributed by atoms with Gasteiger partial charge in [0.1, 0.15) is 6.04 Å². The van der Waals surface area contributed by atoms with Crippen molar-refractivity contribution in [3.8, 4) is 0 Å². The molecule has 19 heavy (non-hydrogen) atoms. The van der Waals surface area contributed by atoms with Gasteiger partial charge in [-0.15, -0.1) is 11.8 Å². The summed E-state index contributed by atoms with van der Waals surface area (Å²) < 4.78 is 0. The van der Waals surface area contributed by atoms with Crippen LogP contribution in [0.15, 0.2) is 0 Å². The standard InChI is InChI=1S/C12H22N2O4S/c1-8(2)4-5-13-11(16)7-19-6-10(12(17)18)14-9(3)15/h8,10H,4-7H2,1-3H3,(H,13,16)(H,14,15)(H,17,18)/t10-/m0/s1. The van der Waals surface area contributed by atoms with Crippen molar-refractivity contribution < 1.29 is 19.5 Å². The lowest BCUT2D eigenvalue weighted by molar-refractivity contribution is -0.140. The van der Waals surface area contributed by atoms with Gasteiger partial charge in [0.25, 0.3) is 0 Å². The summed E-state index contributed by atoms with van der Waals surface area (Å²) in [4.78, 5) is 33.1. The fourth-order valence-corrected chi connectivity index (χ4v) is 2.11. The molecule has 7 heteroatoms. The number of carbonyl (C=O) groups is 3. The summed E-state index contributed by atoms with van der Waals surface area (Å²) in [7, 11) is 0. The molecule has 1 atom stereocenters. The fourth-order valence-electron chi connectivity index (χ4n) is 1.24. The summed E-state index contributed by atoms with van der Waals surface area (Å²) in [6, 6.07) is -0.953. The predicted octanol–water partition coefficient (Wildman–Crippen LogP) is 0.471. The number of nitrogens with one attached hydrogen (secondary N) is 2. The number of aliphatic carboxylic acids is 1. The van der Waals surface area contributed by atoms with E-state index in [0.717, 1.165) is 6.42 Å². The largest absolute Gasteiger partial charge is 0.480 e. The zero-order chi connectivity index (χ0) is 14.8. The lowest BCUT2D eigenvalue weighted by atomic mass is 10.1. The molecule has 0 unspecified atom stereocenters. The summed E-state index contributed by atoms with van der Waals surface area (Å²) in [5.74, 6) is -0.701. The van der Waals surface area contributed by atoms with Crippen LogP contribution in [0.4, 0.5) is 0 Å². The quantitative estimate of drug-likeness (QED) is 0.574. The summed E-state index contributed by atoms with van der Waals surface area (Å²) in [5.41, 5.74) is 0. The molecule has 0 saturated carbocycles. The van der Waals surface area contributed by atoms with E-state index in [1.807, 2.05) is 0 Å². The molecular weight excluding hydrogens is 268 g/mol. The van der Waals surface area contributed by atoms with Crippen molar-refractivity contribution in [1.82, 2.24) is 10.6 Å². The van der Waals surface area contributed by atoms with Gasteiger partial charge in [0.2, 0.25) is 11.8 Å². The molecule has 0 bridgehead atoms. The molecular formula is C12H22N2O4S. The van der Waals surface area contributed by atoms with E-state index < -0.39 is 17.9 Å². The molecule has 0 aliphatic rings. The minimum Gasteiger partial charge on any atom is -0.480 e. The van der Waals surface area contributed by atoms with Gasteiger partial charge in [-0.2, -0.15) is 0 Å². The van der Waals surface area contributed by atoms with Gasteiger partial charge < -0.3 is 15.7 Å². The maximum atomic E-state index is 11.4. The Balaban J connectivity index is 3.83. The van der Waals surface area contributed by atoms with E-state index in [2.05, 4.69) is 24.5 Å². The molecule has 110 valence electrons. The second-order valence-corrected chi connectivity index (χ2v) is 5.67. The molecule has 0 aromatic rings. The molecule has 0 saturated heterocycles. The first-order valence-corrected chi connectivity index (χ1v) is 7.32. The third-order valence-electron chi connectivity index (χ3n) is 2.24. The average molecular weight is 290 g/mol. The van der Waals surface area contributed by atoms with E-state index in [1.54, 1.807) is 0 Å². The van der Waals surface area contributed by atoms with Gasteiger partial charge in [0.15, 0.2) is 0 Å². The molecule has 3 N–H and O–H groups in total. The van der Waals surface area contributed by atoms with Crippen LogP contribution in [-0.2, 0) is 14.4 Å². The van der Waals surface area contributed by atoms with E-state index >= 15 is 0 Å². The van der Waals surface area contributed by atoms with E-state index in [-0.39, 0.29) is 17.4 Å². The van der Waals surface area contributed by atoms with Crippen LogP contribution in [-0.4, -0.2) is 47.0 Å². The predicted molar refractivity (Wildman–Crippen MR) is 75.0 cm³/mol. The Bertz CT molecular complexity index is 321. The van der Waals surface area contributed by atoms with Gasteiger partial charge in [0.05, 0.1) is 5.75 Å². The molecule has 0 aliphatic heterocycles. The van der Waals surface area contributed by atoms with E-state index in [0.29, 0.717) is 12.5 Å². The fraction of sp³-hybridized carbons (Fsp3) is 0.750. The zero-order valence-electron chi connectivity index (χ0n) is 11.6. The number of hydrogen-bond acceptors (Lipinski definition) is 4. The molecule has 0 aliphatic carbocycles. The Morgan fingerprint density at radius 2 is 1.89 bits per heavy atom. The first-order valence-electron chi connectivity index (χ1n) is 6.17. The second-order valence-electron chi connectivity index (χ2n) is 4.64. The van der Waals surface area contributed by atoms with Crippen molar-refractivity contribution in [2.24, 2.45) is 5.92 Å². The summed E-state index contributed by atoms with van der Waals surface area (Å²) in [6.07, 6.45) is 0.917. The molecule has 0 aromatic heterocycles. The minimum atomic E-state index is -1.09. The Labute approximate surface area is 117 Å². The average Bonchev–Trinajstić information content (AvgIpc) is 2.26. The van der Waals surface area contributed by atoms with E-state index in [4.69, 9.17) is 5.11 Å². The molecule has 6 nitrogen and oxygen atoms in total. The van der Waals surface area contributed by atoms with Crippen LogP contribution >= 0.6 is 11.8 Å². The third-order valence-corrected chi connectivity index (χ3v) is 3.27. The van der Waals surface area contributed by atoms with Gasteiger partial charge in [-0.05, 0) is 12.3 Å². The second kappa shape index (κ2) is 9.66. The lowest BCUT2D eigenvalue weighted by Crippen LogP contribution is -2.41. The molecule has 0 radical (unpaired) electrons. The smallest absolute Gasteiger partial charge is 0.327 e. The topological polar surface area (TPSA) is 95.5 Å². The van der Waals surface area contributed by atoms with Gasteiger partial charge in [-0.3, -0.25) is 9.59 Å². The number of hydrogen-bond donors (Lipinski definition) is 3. The van der Waals surface area contributed by atoms with E-state index in [9.17, 15) is 14.4 Å². The van der Waals surface area contributed by atoms with Crippen molar-refractivity contribution in [2.45, 2.75) is 33.2 Å². The number of rotatable bonds is 9. The number of carbonyl (C=O) groups excluding carboxylic acids is 2. The number of carboxylic acid groups (broad SMARTS) is 1. The third kappa shape index (κ3) is 10.4. The van der Waals surface area contributed by atoms with Gasteiger partial charge in [-0.1, -0.05) is 13.8 Å². The summed E-state index contributed by atoms with van der Waals surface area (Å²) in [5, 5.41) is 13.9. The lowest BCUT2D eigenvalue weighted by Gasteiger charge is -2.12. The van der Waals surface area contributed by atoms with Crippen molar-refractivity contribution in [1.29, 1.82) is 0 Å². The number of thioether (sulfide) groups is 1. The number of amides is 2. The van der Waals surface area contributed by atoms with Crippen LogP contribution in [0.2, 0.25) is 0 Å². The van der Waals surface area contributed by atoms with Crippen molar-refractivity contribution >= 4 is 29.5 Å². The van der Waals surface area contributed by atoms with E-state index in [1.165, 1.54) is 18.7 Å². The highest BCUT2D eigenvalue weighted by atomic mass is 32.2. The first kappa shape index (κ1) is 17.8. The van der Waals surface area contributed by atoms with Gasteiger partial charge >= 0.3 is 5.97 Å². The SMILES string of the molecule is CC(=O)N[C@@H](CSCC(=O)NCCC(C)C)C(=O)O. The molecule has 0 heterocycles. The van der Waals surface area contributed by atoms with Crippen LogP contribution in [0.25, 0.3) is 0 Å². The van der Waals surface area contributed by atoms with Gasteiger partial charge in [0, 0.05) is 19.2 Å². The minimum absolute atomic E-state index is 0.113. The highest BCUT2D eigenvalue weighted by molar-refractivity contribution is 8.00. The van der Waals surface area contributed by atoms with Crippen molar-refractivity contribution in [3.63, 3.8) is 0 Å². The maximum Gasteiger partial charge on any atom is 0.327 e. The van der Waals surface area contributed by atoms with Crippen LogP contribution in [0.5, 0.6) is 0 Å². The first-order chi connectivity index (χ1) is 8.82. The molecule has 0 spiro atoms. The normalized spacial score (nSPS) is 12.0. The summed E-state index contributed by atoms with van der Waals surface area (Å²) >= 11 is 1.19. The Hall–Kier alpha value is -1.24. The molecule has 0 rings (SSSR count). The van der Waals surface area contributed by atoms with Crippen LogP contribution < -0.4 is 10.6 Å². The van der Waals surface area contributed by atoms with Crippen LogP contribution in [0, 0.1) is 5.92 Å². The Morgan fingerprint density at radius 1 is 1.26 bits per heavy atom. The van der Waals surface area contributed by atoms with Crippen molar-refractivity contribution in [3.05, 3.63) is 0 Å². The number of carboxylic acids is 1. The monoisotopic (exact) mass is 290 g/mol. The van der Waals surface area contributed by atoms with Crippen LogP contribution in [0.3, 0.4) is 0 Å². The Morgan fingerprint density at radius 3 is 2.37 bits per heavy atom. The van der Waals surface area contributed by atoms with Gasteiger partial charge in [-0.25, -0.2) is 4.79 Å². The highest BCUT2D eigenvalue weighted by Gasteiger charge is 2.18. The highest BCUT2D eigenvalue weighted by Crippen LogP contribution is 2.03. The zero-order valence-corrected chi connectivity index (χ0v) is 12.4. The molecule has 2 amide bonds. The summed E-state index contributed by atoms with van der Waals surface area (Å²) in [6.45, 7) is 6.04. The Kier molecular flexibility index (Phi) is 9.03. The molecule has 0 aromatic carbocycles. The van der Waals surface area contributed by atoms with Crippen molar-refractivity contribution in [2.75, 3.05) is 18.1 Å².